The van der Waals surface area contributed by atoms with Gasteiger partial charge >= 0.3 is 11.9 Å². The van der Waals surface area contributed by atoms with Crippen LogP contribution in [-0.2, 0) is 45.2 Å². The van der Waals surface area contributed by atoms with Gasteiger partial charge in [0.15, 0.2) is 0 Å². The van der Waals surface area contributed by atoms with Crippen LogP contribution in [0.3, 0.4) is 0 Å². The number of methoxy groups -OCH3 is 2. The van der Waals surface area contributed by atoms with E-state index in [1.54, 1.807) is 42.5 Å². The number of hydrogen-bond acceptors (Lipinski definition) is 13. The molecular weight excluding hydrogens is 819 g/mol. The average molecular weight is 856 g/mol. The Morgan fingerprint density at radius 3 is 1.98 bits per heavy atom. The van der Waals surface area contributed by atoms with E-state index in [0.717, 1.165) is 79.1 Å². The molecule has 3 aromatic carbocycles. The first kappa shape index (κ1) is 43.2. The van der Waals surface area contributed by atoms with Gasteiger partial charge < -0.3 is 20.1 Å². The lowest BCUT2D eigenvalue weighted by molar-refractivity contribution is 0.0591. The molecule has 0 fully saturated rings. The summed E-state index contributed by atoms with van der Waals surface area (Å²) in [6.07, 6.45) is 5.64. The molecule has 2 heterocycles. The van der Waals surface area contributed by atoms with Gasteiger partial charge in [0.05, 0.1) is 42.4 Å². The number of anilines is 3. The van der Waals surface area contributed by atoms with Gasteiger partial charge in [0.1, 0.15) is 29.0 Å². The van der Waals surface area contributed by atoms with Crippen LogP contribution in [0, 0.1) is 39.4 Å². The van der Waals surface area contributed by atoms with Gasteiger partial charge in [-0.15, -0.1) is 11.3 Å². The lowest BCUT2D eigenvalue weighted by Gasteiger charge is -2.26. The fraction of sp³-hybridized carbons (Fsp3) is 0.227. The monoisotopic (exact) mass is 855 g/mol. The molecule has 1 aliphatic carbocycles. The first-order valence-electron chi connectivity index (χ1n) is 18.8. The molecule has 2 N–H and O–H groups in total. The summed E-state index contributed by atoms with van der Waals surface area (Å²) >= 11 is 1.29. The molecule has 1 aliphatic rings. The molecule has 15 nitrogen and oxygen atoms in total. The van der Waals surface area contributed by atoms with Crippen molar-refractivity contribution < 1.29 is 37.1 Å². The molecule has 61 heavy (non-hydrogen) atoms. The van der Waals surface area contributed by atoms with Crippen LogP contribution in [0.25, 0.3) is 0 Å². The Labute approximate surface area is 355 Å². The summed E-state index contributed by atoms with van der Waals surface area (Å²) in [5.41, 5.74) is 1.74. The number of nitrogens with zero attached hydrogens (tertiary/aromatic N) is 5. The van der Waals surface area contributed by atoms with Gasteiger partial charge in [0, 0.05) is 22.3 Å². The summed E-state index contributed by atoms with van der Waals surface area (Å²) in [6, 6.07) is 26.8. The Morgan fingerprint density at radius 1 is 0.770 bits per heavy atom. The van der Waals surface area contributed by atoms with Crippen LogP contribution in [-0.4, -0.2) is 57.9 Å². The average Bonchev–Trinajstić information content (AvgIpc) is 3.67. The zero-order valence-corrected chi connectivity index (χ0v) is 34.6. The number of aryl methyl sites for hydroxylation is 3. The third-order valence-electron chi connectivity index (χ3n) is 9.98. The predicted octanol–water partition coefficient (Wildman–Crippen LogP) is 6.64. The molecular formula is C44H37N7O8S2. The van der Waals surface area contributed by atoms with Crippen molar-refractivity contribution in [2.24, 2.45) is 5.41 Å². The van der Waals surface area contributed by atoms with Crippen LogP contribution in [0.2, 0.25) is 0 Å². The van der Waals surface area contributed by atoms with Crippen LogP contribution in [0.4, 0.5) is 16.5 Å². The SMILES string of the molecule is COC(=O)c1ccc(CCc2ccc(NC(=O)c3c(NC(=O)c4cccc(S(=O)(=O)N(CC(C#N)(C#N)C#N)c5ccc(C(=O)OC)cn5)c4)sc4c3CCCC4)cc2)cc1. The zero-order chi connectivity index (χ0) is 43.7. The highest BCUT2D eigenvalue weighted by Crippen LogP contribution is 2.39. The molecule has 17 heteroatoms. The standard InChI is InChI=1S/C44H37N7O8S2/c1-58-42(54)30-16-12-28(13-17-30)10-11-29-14-19-33(20-15-29)49-40(53)38-35-8-3-4-9-36(35)60-41(38)50-39(52)31-6-5-7-34(22-31)61(56,57)51(27-44(24-45,25-46)26-47)37-21-18-32(23-48-37)43(55)59-2/h5-7,12-23H,3-4,8-11,27H2,1-2H3,(H,49,53)(H,50,52). The highest BCUT2D eigenvalue weighted by Gasteiger charge is 2.39. The number of thiophene rings is 1. The number of pyridine rings is 1. The van der Waals surface area contributed by atoms with E-state index in [2.05, 4.69) is 20.4 Å². The number of benzene rings is 3. The minimum atomic E-state index is -4.73. The Morgan fingerprint density at radius 2 is 1.38 bits per heavy atom. The van der Waals surface area contributed by atoms with Crippen molar-refractivity contribution in [3.8, 4) is 18.2 Å². The van der Waals surface area contributed by atoms with Gasteiger partial charge in [-0.2, -0.15) is 15.8 Å². The van der Waals surface area contributed by atoms with Gasteiger partial charge in [0.25, 0.3) is 21.8 Å². The summed E-state index contributed by atoms with van der Waals surface area (Å²) < 4.78 is 38.5. The van der Waals surface area contributed by atoms with E-state index >= 15 is 0 Å². The van der Waals surface area contributed by atoms with Crippen molar-refractivity contribution in [2.45, 2.75) is 43.4 Å². The Hall–Kier alpha value is -7.39. The highest BCUT2D eigenvalue weighted by molar-refractivity contribution is 7.92. The quantitative estimate of drug-likeness (QED) is 0.112. The number of sulfonamides is 1. The van der Waals surface area contributed by atoms with E-state index in [0.29, 0.717) is 32.5 Å². The third-order valence-corrected chi connectivity index (χ3v) is 12.9. The van der Waals surface area contributed by atoms with Crippen molar-refractivity contribution in [3.05, 3.63) is 135 Å². The first-order valence-corrected chi connectivity index (χ1v) is 21.0. The fourth-order valence-electron chi connectivity index (χ4n) is 6.61. The normalized spacial score (nSPS) is 12.0. The molecule has 2 amide bonds. The van der Waals surface area contributed by atoms with Crippen molar-refractivity contribution >= 4 is 61.6 Å². The molecule has 308 valence electrons. The van der Waals surface area contributed by atoms with Crippen molar-refractivity contribution in [1.29, 1.82) is 15.8 Å². The van der Waals surface area contributed by atoms with Gasteiger partial charge in [-0.3, -0.25) is 9.59 Å². The van der Waals surface area contributed by atoms with E-state index < -0.39 is 50.6 Å². The number of rotatable bonds is 14. The van der Waals surface area contributed by atoms with E-state index in [4.69, 9.17) is 4.74 Å². The number of nitriles is 3. The summed E-state index contributed by atoms with van der Waals surface area (Å²) in [5.74, 6) is -2.58. The third kappa shape index (κ3) is 9.58. The second-order valence-electron chi connectivity index (χ2n) is 13.9. The molecule has 0 radical (unpaired) electrons. The minimum absolute atomic E-state index is 0.00961. The number of fused-ring (bicyclic) bond motifs is 1. The maximum atomic E-state index is 14.2. The Balaban J connectivity index is 1.22. The summed E-state index contributed by atoms with van der Waals surface area (Å²) in [7, 11) is -2.24. The van der Waals surface area contributed by atoms with Gasteiger partial charge in [0.2, 0.25) is 5.41 Å². The topological polar surface area (TPSA) is 232 Å². The Bertz CT molecular complexity index is 2690. The minimum Gasteiger partial charge on any atom is -0.465 e. The van der Waals surface area contributed by atoms with Crippen LogP contribution in [0.5, 0.6) is 0 Å². The van der Waals surface area contributed by atoms with E-state index in [1.165, 1.54) is 42.7 Å². The summed E-state index contributed by atoms with van der Waals surface area (Å²) in [4.78, 5) is 56.2. The maximum absolute atomic E-state index is 14.2. The van der Waals surface area contributed by atoms with Crippen LogP contribution in [0.15, 0.2) is 96.0 Å². The molecule has 0 saturated carbocycles. The number of amides is 2. The molecule has 0 atom stereocenters. The number of esters is 2. The summed E-state index contributed by atoms with van der Waals surface area (Å²) in [5, 5.41) is 35.3. The molecule has 0 spiro atoms. The molecule has 0 saturated heterocycles. The second-order valence-corrected chi connectivity index (χ2v) is 16.9. The number of carbonyl (C=O) groups excluding carboxylic acids is 4. The fourth-order valence-corrected chi connectivity index (χ4v) is 9.40. The smallest absolute Gasteiger partial charge is 0.339 e. The number of hydrogen-bond donors (Lipinski definition) is 2. The largest absolute Gasteiger partial charge is 0.465 e. The lowest BCUT2D eigenvalue weighted by atomic mass is 9.94. The lowest BCUT2D eigenvalue weighted by Crippen LogP contribution is -2.40. The predicted molar refractivity (Wildman–Crippen MR) is 224 cm³/mol. The highest BCUT2D eigenvalue weighted by atomic mass is 32.2. The number of aromatic nitrogens is 1. The number of nitrogens with one attached hydrogen (secondary N) is 2. The van der Waals surface area contributed by atoms with Gasteiger partial charge in [-0.05, 0) is 110 Å². The van der Waals surface area contributed by atoms with Gasteiger partial charge in [-0.25, -0.2) is 27.3 Å². The summed E-state index contributed by atoms with van der Waals surface area (Å²) in [6.45, 7) is -0.949. The van der Waals surface area contributed by atoms with E-state index in [1.807, 2.05) is 24.3 Å². The first-order chi connectivity index (χ1) is 29.3. The molecule has 2 aromatic heterocycles. The maximum Gasteiger partial charge on any atom is 0.339 e. The zero-order valence-electron chi connectivity index (χ0n) is 32.9. The van der Waals surface area contributed by atoms with Crippen molar-refractivity contribution in [2.75, 3.05) is 35.7 Å². The molecule has 0 aliphatic heterocycles. The molecule has 0 bridgehead atoms. The van der Waals surface area contributed by atoms with Gasteiger partial charge in [-0.1, -0.05) is 30.3 Å². The van der Waals surface area contributed by atoms with Crippen LogP contribution >= 0.6 is 11.3 Å². The van der Waals surface area contributed by atoms with Crippen LogP contribution in [0.1, 0.15) is 75.8 Å². The van der Waals surface area contributed by atoms with Crippen molar-refractivity contribution in [1.82, 2.24) is 4.98 Å². The molecule has 0 unspecified atom stereocenters. The molecule has 6 rings (SSSR count). The molecule has 5 aromatic rings. The number of carbonyl (C=O) groups is 4. The second kappa shape index (κ2) is 18.7. The Kier molecular flexibility index (Phi) is 13.2. The van der Waals surface area contributed by atoms with E-state index in [9.17, 15) is 43.4 Å². The van der Waals surface area contributed by atoms with E-state index in [-0.39, 0.29) is 16.9 Å². The van der Waals surface area contributed by atoms with Crippen LogP contribution < -0.4 is 14.9 Å². The number of ether oxygens (including phenoxy) is 2. The van der Waals surface area contributed by atoms with Crippen molar-refractivity contribution in [3.63, 3.8) is 0 Å².